The first-order valence-corrected chi connectivity index (χ1v) is 12.0. The molecule has 200 valence electrons. The molecule has 0 atom stereocenters. The van der Waals surface area contributed by atoms with Gasteiger partial charge in [-0.05, 0) is 50.0 Å². The third-order valence-corrected chi connectivity index (χ3v) is 6.18. The fourth-order valence-corrected chi connectivity index (χ4v) is 4.28. The number of nitrogens with one attached hydrogen (secondary N) is 2. The number of methoxy groups -OCH3 is 1. The summed E-state index contributed by atoms with van der Waals surface area (Å²) in [6, 6.07) is 18.5. The molecular formula is C29H28N4O6. The number of amides is 2. The van der Waals surface area contributed by atoms with Crippen LogP contribution in [0, 0.1) is 0 Å². The van der Waals surface area contributed by atoms with E-state index in [1.165, 1.54) is 25.1 Å². The molecule has 0 bridgehead atoms. The second-order valence-corrected chi connectivity index (χ2v) is 9.17. The highest BCUT2D eigenvalue weighted by Crippen LogP contribution is 2.38. The second kappa shape index (κ2) is 11.2. The monoisotopic (exact) mass is 528 g/mol. The summed E-state index contributed by atoms with van der Waals surface area (Å²) in [7, 11) is 6.32. The van der Waals surface area contributed by atoms with Gasteiger partial charge in [-0.15, -0.1) is 0 Å². The lowest BCUT2D eigenvalue weighted by Gasteiger charge is -2.22. The van der Waals surface area contributed by atoms with Gasteiger partial charge < -0.3 is 30.3 Å². The van der Waals surface area contributed by atoms with Crippen LogP contribution in [-0.4, -0.2) is 68.6 Å². The minimum absolute atomic E-state index is 0.0778. The summed E-state index contributed by atoms with van der Waals surface area (Å²) >= 11 is 0. The molecule has 0 radical (unpaired) electrons. The number of aromatic carboxylic acids is 1. The minimum atomic E-state index is -1.20. The van der Waals surface area contributed by atoms with E-state index in [0.717, 1.165) is 0 Å². The van der Waals surface area contributed by atoms with Gasteiger partial charge in [0.2, 0.25) is 5.91 Å². The van der Waals surface area contributed by atoms with Crippen LogP contribution >= 0.6 is 0 Å². The molecule has 3 aromatic carbocycles. The fraction of sp³-hybridized carbons (Fsp3) is 0.172. The Hall–Kier alpha value is -4.96. The van der Waals surface area contributed by atoms with Crippen molar-refractivity contribution in [1.29, 1.82) is 0 Å². The number of carboxylic acid groups (broad SMARTS) is 1. The number of hydrogen-bond donors (Lipinski definition) is 3. The molecule has 0 fully saturated rings. The number of anilines is 3. The van der Waals surface area contributed by atoms with Crippen LogP contribution in [0.1, 0.15) is 31.8 Å². The Morgan fingerprint density at radius 1 is 0.949 bits per heavy atom. The number of carboxylic acids is 1. The summed E-state index contributed by atoms with van der Waals surface area (Å²) in [6.07, 6.45) is 0. The Morgan fingerprint density at radius 2 is 1.67 bits per heavy atom. The molecule has 0 aromatic heterocycles. The predicted octanol–water partition coefficient (Wildman–Crippen LogP) is 3.63. The molecule has 1 aliphatic rings. The number of likely N-dealkylation sites (N-methyl/N-ethyl adjacent to an activating group) is 2. The standard InChI is InChI=1S/C29H28N4O6/c1-32(2)16-24(34)33(3)23-13-11-19(15-21(23)28(36)37)30-26(17-8-6-5-7-9-17)25-20-12-10-18(29(38)39-4)14-22(20)31-27(25)35/h5-15,30H,16H2,1-4H3,(H,31,35)(H,36,37)/b26-25-. The quantitative estimate of drug-likeness (QED) is 0.299. The molecule has 1 heterocycles. The van der Waals surface area contributed by atoms with E-state index in [1.807, 2.05) is 30.3 Å². The molecule has 0 saturated heterocycles. The number of carbonyl (C=O) groups is 4. The van der Waals surface area contributed by atoms with Gasteiger partial charge in [-0.2, -0.15) is 0 Å². The largest absolute Gasteiger partial charge is 0.478 e. The Bertz CT molecular complexity index is 1500. The van der Waals surface area contributed by atoms with Crippen LogP contribution in [0.5, 0.6) is 0 Å². The van der Waals surface area contributed by atoms with E-state index < -0.39 is 11.9 Å². The van der Waals surface area contributed by atoms with Gasteiger partial charge in [0.05, 0.1) is 47.4 Å². The number of nitrogens with zero attached hydrogens (tertiary/aromatic N) is 2. The van der Waals surface area contributed by atoms with Crippen LogP contribution in [0.25, 0.3) is 11.3 Å². The van der Waals surface area contributed by atoms with Crippen LogP contribution in [0.15, 0.2) is 66.7 Å². The molecule has 1 aliphatic heterocycles. The lowest BCUT2D eigenvalue weighted by atomic mass is 9.98. The number of fused-ring (bicyclic) bond motifs is 1. The van der Waals surface area contributed by atoms with Crippen molar-refractivity contribution in [2.45, 2.75) is 0 Å². The van der Waals surface area contributed by atoms with Crippen molar-refractivity contribution in [2.24, 2.45) is 0 Å². The van der Waals surface area contributed by atoms with E-state index in [0.29, 0.717) is 39.3 Å². The molecule has 3 N–H and O–H groups in total. The third-order valence-electron chi connectivity index (χ3n) is 6.18. The highest BCUT2D eigenvalue weighted by atomic mass is 16.5. The van der Waals surface area contributed by atoms with Crippen LogP contribution in [0.4, 0.5) is 17.1 Å². The topological polar surface area (TPSA) is 128 Å². The molecule has 0 unspecified atom stereocenters. The fourth-order valence-electron chi connectivity index (χ4n) is 4.28. The van der Waals surface area contributed by atoms with E-state index in [2.05, 4.69) is 10.6 Å². The van der Waals surface area contributed by atoms with E-state index >= 15 is 0 Å². The van der Waals surface area contributed by atoms with Gasteiger partial charge in [0.25, 0.3) is 5.91 Å². The normalized spacial score (nSPS) is 13.4. The van der Waals surface area contributed by atoms with Gasteiger partial charge in [0.1, 0.15) is 0 Å². The number of ether oxygens (including phenoxy) is 1. The van der Waals surface area contributed by atoms with Crippen molar-refractivity contribution in [2.75, 3.05) is 50.3 Å². The molecule has 0 spiro atoms. The Labute approximate surface area is 225 Å². The minimum Gasteiger partial charge on any atom is -0.478 e. The Kier molecular flexibility index (Phi) is 7.78. The predicted molar refractivity (Wildman–Crippen MR) is 149 cm³/mol. The van der Waals surface area contributed by atoms with Crippen LogP contribution < -0.4 is 15.5 Å². The van der Waals surface area contributed by atoms with Crippen LogP contribution in [0.2, 0.25) is 0 Å². The maximum absolute atomic E-state index is 13.2. The third kappa shape index (κ3) is 5.65. The number of carbonyl (C=O) groups excluding carboxylic acids is 3. The smallest absolute Gasteiger partial charge is 0.337 e. The first kappa shape index (κ1) is 27.1. The van der Waals surface area contributed by atoms with Crippen molar-refractivity contribution < 1.29 is 29.0 Å². The van der Waals surface area contributed by atoms with E-state index in [1.54, 1.807) is 49.3 Å². The van der Waals surface area contributed by atoms with E-state index in [9.17, 15) is 24.3 Å². The zero-order chi connectivity index (χ0) is 28.3. The highest BCUT2D eigenvalue weighted by Gasteiger charge is 2.30. The molecule has 10 heteroatoms. The van der Waals surface area contributed by atoms with Gasteiger partial charge in [0.15, 0.2) is 0 Å². The average Bonchev–Trinajstić information content (AvgIpc) is 3.25. The van der Waals surface area contributed by atoms with Gasteiger partial charge in [-0.1, -0.05) is 36.4 Å². The second-order valence-electron chi connectivity index (χ2n) is 9.17. The van der Waals surface area contributed by atoms with Crippen molar-refractivity contribution in [3.05, 3.63) is 89.0 Å². The van der Waals surface area contributed by atoms with Gasteiger partial charge in [-0.25, -0.2) is 9.59 Å². The maximum Gasteiger partial charge on any atom is 0.337 e. The van der Waals surface area contributed by atoms with E-state index in [-0.39, 0.29) is 29.6 Å². The molecule has 39 heavy (non-hydrogen) atoms. The molecule has 3 aromatic rings. The van der Waals surface area contributed by atoms with Crippen molar-refractivity contribution in [3.63, 3.8) is 0 Å². The number of esters is 1. The highest BCUT2D eigenvalue weighted by molar-refractivity contribution is 6.37. The van der Waals surface area contributed by atoms with Gasteiger partial charge >= 0.3 is 11.9 Å². The zero-order valence-corrected chi connectivity index (χ0v) is 21.9. The van der Waals surface area contributed by atoms with Crippen molar-refractivity contribution >= 4 is 52.1 Å². The summed E-state index contributed by atoms with van der Waals surface area (Å²) in [5.41, 5.74) is 3.35. The Morgan fingerprint density at radius 3 is 2.31 bits per heavy atom. The molecular weight excluding hydrogens is 500 g/mol. The lowest BCUT2D eigenvalue weighted by molar-refractivity contribution is -0.119. The molecule has 0 saturated carbocycles. The van der Waals surface area contributed by atoms with Crippen molar-refractivity contribution in [1.82, 2.24) is 4.90 Å². The van der Waals surface area contributed by atoms with Crippen LogP contribution in [-0.2, 0) is 14.3 Å². The number of hydrogen-bond acceptors (Lipinski definition) is 7. The maximum atomic E-state index is 13.2. The number of benzene rings is 3. The first-order chi connectivity index (χ1) is 18.6. The summed E-state index contributed by atoms with van der Waals surface area (Å²) in [4.78, 5) is 53.0. The van der Waals surface area contributed by atoms with Crippen molar-refractivity contribution in [3.8, 4) is 0 Å². The molecule has 2 amide bonds. The van der Waals surface area contributed by atoms with Gasteiger partial charge in [-0.3, -0.25) is 9.59 Å². The summed E-state index contributed by atoms with van der Waals surface area (Å²) < 4.78 is 4.79. The molecule has 4 rings (SSSR count). The van der Waals surface area contributed by atoms with Gasteiger partial charge in [0, 0.05) is 18.3 Å². The summed E-state index contributed by atoms with van der Waals surface area (Å²) in [6.45, 7) is 0.117. The Balaban J connectivity index is 1.81. The molecule has 0 aliphatic carbocycles. The van der Waals surface area contributed by atoms with E-state index in [4.69, 9.17) is 4.74 Å². The summed E-state index contributed by atoms with van der Waals surface area (Å²) in [5, 5.41) is 16.0. The number of rotatable bonds is 8. The SMILES string of the molecule is COC(=O)c1ccc2c(c1)NC(=O)/C2=C(\Nc1ccc(N(C)C(=O)CN(C)C)c(C(=O)O)c1)c1ccccc1. The zero-order valence-electron chi connectivity index (χ0n) is 21.9. The van der Waals surface area contributed by atoms with Crippen LogP contribution in [0.3, 0.4) is 0 Å². The lowest BCUT2D eigenvalue weighted by Crippen LogP contribution is -2.35. The average molecular weight is 529 g/mol. The molecule has 10 nitrogen and oxygen atoms in total. The summed E-state index contributed by atoms with van der Waals surface area (Å²) in [5.74, 6) is -2.38. The first-order valence-electron chi connectivity index (χ1n) is 12.0.